The van der Waals surface area contributed by atoms with E-state index in [1.54, 1.807) is 0 Å². The monoisotopic (exact) mass is 704 g/mol. The number of fused-ring (bicyclic) bond motifs is 1. The smallest absolute Gasteiger partial charge is 0.118 e. The Hall–Kier alpha value is -6.27. The molecule has 0 saturated carbocycles. The molecule has 4 N–H and O–H groups in total. The zero-order valence-corrected chi connectivity index (χ0v) is 30.6. The zero-order valence-electron chi connectivity index (χ0n) is 30.6. The topological polar surface area (TPSA) is 91.5 Å². The number of nitrogens with zero attached hydrogens (tertiary/aromatic N) is 3. The summed E-state index contributed by atoms with van der Waals surface area (Å²) in [5.41, 5.74) is 33.2. The predicted molar refractivity (Wildman–Crippen MR) is 223 cm³/mol. The minimum absolute atomic E-state index is 0.251. The molecule has 1 fully saturated rings. The van der Waals surface area contributed by atoms with Gasteiger partial charge in [-0.1, -0.05) is 110 Å². The number of allylic oxidation sites excluding steroid dienone is 19. The first-order chi connectivity index (χ1) is 26.6. The molecule has 1 aromatic heterocycles. The summed E-state index contributed by atoms with van der Waals surface area (Å²) in [6, 6.07) is 22.9. The molecule has 0 bridgehead atoms. The second kappa shape index (κ2) is 14.3. The first-order valence-corrected chi connectivity index (χ1v) is 19.2. The molecular weight excluding hydrogens is 661 g/mol. The van der Waals surface area contributed by atoms with Gasteiger partial charge in [-0.15, -0.1) is 0 Å². The van der Waals surface area contributed by atoms with Gasteiger partial charge in [0.2, 0.25) is 0 Å². The van der Waals surface area contributed by atoms with Gasteiger partial charge in [0.1, 0.15) is 5.82 Å². The summed E-state index contributed by atoms with van der Waals surface area (Å²) >= 11 is 0. The molecule has 6 aliphatic rings. The Balaban J connectivity index is 1.19. The average Bonchev–Trinajstić information content (AvgIpc) is 4.06. The number of rotatable bonds is 9. The van der Waals surface area contributed by atoms with E-state index in [-0.39, 0.29) is 5.92 Å². The van der Waals surface area contributed by atoms with Crippen molar-refractivity contribution in [3.05, 3.63) is 195 Å². The van der Waals surface area contributed by atoms with Crippen molar-refractivity contribution in [2.75, 3.05) is 6.54 Å². The molecule has 0 spiro atoms. The summed E-state index contributed by atoms with van der Waals surface area (Å²) in [5.74, 6) is 1.05. The van der Waals surface area contributed by atoms with Gasteiger partial charge in [0, 0.05) is 34.0 Å². The molecule has 4 heterocycles. The largest absolute Gasteiger partial charge is 0.384 e. The molecule has 266 valence electrons. The van der Waals surface area contributed by atoms with E-state index in [1.165, 1.54) is 44.8 Å². The number of hydrogen-bond acceptors (Lipinski definition) is 5. The van der Waals surface area contributed by atoms with Crippen LogP contribution in [-0.4, -0.2) is 16.8 Å². The minimum atomic E-state index is 0.251. The van der Waals surface area contributed by atoms with Crippen LogP contribution in [0.15, 0.2) is 183 Å². The molecule has 1 atom stereocenters. The van der Waals surface area contributed by atoms with Crippen molar-refractivity contribution in [2.24, 2.45) is 21.8 Å². The van der Waals surface area contributed by atoms with Crippen molar-refractivity contribution in [3.8, 4) is 0 Å². The quantitative estimate of drug-likeness (QED) is 0.194. The first kappa shape index (κ1) is 33.6. The van der Waals surface area contributed by atoms with Gasteiger partial charge in [0.05, 0.1) is 29.3 Å². The van der Waals surface area contributed by atoms with Gasteiger partial charge in [0.15, 0.2) is 0 Å². The van der Waals surface area contributed by atoms with Crippen LogP contribution in [-0.2, 0) is 0 Å². The molecule has 1 unspecified atom stereocenters. The van der Waals surface area contributed by atoms with E-state index >= 15 is 0 Å². The van der Waals surface area contributed by atoms with Crippen molar-refractivity contribution in [1.29, 1.82) is 5.53 Å². The first-order valence-electron chi connectivity index (χ1n) is 19.2. The lowest BCUT2D eigenvalue weighted by molar-refractivity contribution is 0.751. The molecule has 9 rings (SSSR count). The Morgan fingerprint density at radius 1 is 0.889 bits per heavy atom. The maximum absolute atomic E-state index is 7.47. The highest BCUT2D eigenvalue weighted by atomic mass is 15.1. The molecule has 3 aromatic rings. The van der Waals surface area contributed by atoms with Crippen molar-refractivity contribution < 1.29 is 0 Å². The number of aliphatic imine (C=N–C) groups is 1. The van der Waals surface area contributed by atoms with Crippen LogP contribution in [0.1, 0.15) is 68.0 Å². The lowest BCUT2D eigenvalue weighted by atomic mass is 9.82. The number of benzene rings is 2. The molecule has 6 nitrogen and oxygen atoms in total. The Kier molecular flexibility index (Phi) is 8.87. The molecule has 0 radical (unpaired) electrons. The molecule has 3 aliphatic carbocycles. The van der Waals surface area contributed by atoms with Crippen LogP contribution in [0.3, 0.4) is 0 Å². The maximum atomic E-state index is 7.47. The van der Waals surface area contributed by atoms with Crippen LogP contribution < -0.4 is 11.1 Å². The number of aromatic nitrogens is 1. The normalized spacial score (nSPS) is 22.6. The van der Waals surface area contributed by atoms with Gasteiger partial charge >= 0.3 is 0 Å². The van der Waals surface area contributed by atoms with Crippen LogP contribution in [0.4, 0.5) is 5.69 Å². The summed E-state index contributed by atoms with van der Waals surface area (Å²) < 4.78 is 2.25. The SMILES string of the molecule is CCC1=C(C(=C2/CC/C(=C(/C3=NCC=C3)c3ccc(N=N)cc3)N2)/C2C=CC=CC2)C=C/C1=C(\C1=CCCC=C1)c1ccc2n1C(N)=C2c1ccccc1. The van der Waals surface area contributed by atoms with Crippen LogP contribution in [0, 0.1) is 11.4 Å². The third kappa shape index (κ3) is 5.79. The van der Waals surface area contributed by atoms with E-state index in [0.29, 0.717) is 12.2 Å². The fourth-order valence-electron chi connectivity index (χ4n) is 8.83. The van der Waals surface area contributed by atoms with Gasteiger partial charge in [0.25, 0.3) is 0 Å². The van der Waals surface area contributed by atoms with E-state index in [2.05, 4.69) is 143 Å². The standard InChI is InChI=1S/C48H44N6/c1-2-36-37(24-25-38(36)45(32-15-8-4-9-16-32)42-28-29-43-47(48(49)54(42)43)33-17-10-5-11-18-33)44(31-13-6-3-7-14-31)40-26-27-41(52-40)46(39-19-12-30-51-39)34-20-22-35(53-50)23-21-34/h3,5-8,10-13,15-25,28-29,31,50,52H,2,4,9,14,26-27,30,49H2,1H3/b44-40-,45-38-,46-41-,53-50?. The summed E-state index contributed by atoms with van der Waals surface area (Å²) in [6.45, 7) is 2.99. The molecule has 3 aliphatic heterocycles. The van der Waals surface area contributed by atoms with Crippen LogP contribution in [0.2, 0.25) is 0 Å². The van der Waals surface area contributed by atoms with Gasteiger partial charge < -0.3 is 11.1 Å². The lowest BCUT2D eigenvalue weighted by Crippen LogP contribution is -2.23. The summed E-state index contributed by atoms with van der Waals surface area (Å²) in [5, 5.41) is 7.62. The number of nitrogens with two attached hydrogens (primary N) is 1. The highest BCUT2D eigenvalue weighted by Gasteiger charge is 2.33. The van der Waals surface area contributed by atoms with Gasteiger partial charge in [-0.25, -0.2) is 5.53 Å². The molecule has 2 aromatic carbocycles. The highest BCUT2D eigenvalue weighted by Crippen LogP contribution is 2.48. The van der Waals surface area contributed by atoms with Gasteiger partial charge in [-0.3, -0.25) is 9.56 Å². The van der Waals surface area contributed by atoms with Crippen LogP contribution in [0.5, 0.6) is 0 Å². The Morgan fingerprint density at radius 2 is 1.74 bits per heavy atom. The van der Waals surface area contributed by atoms with Crippen molar-refractivity contribution in [2.45, 2.75) is 45.4 Å². The van der Waals surface area contributed by atoms with Crippen molar-refractivity contribution in [3.63, 3.8) is 0 Å². The highest BCUT2D eigenvalue weighted by molar-refractivity contribution is 6.30. The van der Waals surface area contributed by atoms with E-state index in [4.69, 9.17) is 16.3 Å². The van der Waals surface area contributed by atoms with Crippen molar-refractivity contribution in [1.82, 2.24) is 9.88 Å². The van der Waals surface area contributed by atoms with Crippen LogP contribution in [0.25, 0.3) is 22.5 Å². The van der Waals surface area contributed by atoms with Gasteiger partial charge in [-0.05, 0) is 108 Å². The minimum Gasteiger partial charge on any atom is -0.384 e. The predicted octanol–water partition coefficient (Wildman–Crippen LogP) is 11.3. The third-order valence-electron chi connectivity index (χ3n) is 11.3. The Bertz CT molecular complexity index is 2440. The fraction of sp³-hybridized carbons (Fsp3) is 0.188. The van der Waals surface area contributed by atoms with Crippen LogP contribution >= 0.6 is 0 Å². The summed E-state index contributed by atoms with van der Waals surface area (Å²) in [4.78, 5) is 4.86. The molecule has 6 heteroatoms. The van der Waals surface area contributed by atoms with E-state index in [1.807, 2.05) is 12.1 Å². The summed E-state index contributed by atoms with van der Waals surface area (Å²) in [7, 11) is 0. The van der Waals surface area contributed by atoms with Gasteiger partial charge in [-0.2, -0.15) is 5.11 Å². The van der Waals surface area contributed by atoms with Crippen molar-refractivity contribution >= 4 is 33.9 Å². The Morgan fingerprint density at radius 3 is 2.46 bits per heavy atom. The lowest BCUT2D eigenvalue weighted by Gasteiger charge is -2.29. The van der Waals surface area contributed by atoms with E-state index in [0.717, 1.165) is 83.7 Å². The molecule has 1 saturated heterocycles. The second-order valence-corrected chi connectivity index (χ2v) is 14.4. The Labute approximate surface area is 317 Å². The number of nitrogens with one attached hydrogen (secondary N) is 2. The number of hydrogen-bond donors (Lipinski definition) is 3. The molecule has 0 amide bonds. The van der Waals surface area contributed by atoms with E-state index in [9.17, 15) is 0 Å². The second-order valence-electron chi connectivity index (χ2n) is 14.4. The maximum Gasteiger partial charge on any atom is 0.118 e. The molecule has 54 heavy (non-hydrogen) atoms. The van der Waals surface area contributed by atoms with E-state index < -0.39 is 0 Å². The summed E-state index contributed by atoms with van der Waals surface area (Å²) in [6.07, 6.45) is 30.8. The zero-order chi connectivity index (χ0) is 36.6. The molecular formula is C48H44N6. The average molecular weight is 705 g/mol. The fourth-order valence-corrected chi connectivity index (χ4v) is 8.83. The third-order valence-corrected chi connectivity index (χ3v) is 11.3.